The topological polar surface area (TPSA) is 75.6 Å². The van der Waals surface area contributed by atoms with Gasteiger partial charge in [0.25, 0.3) is 0 Å². The molecule has 0 aliphatic carbocycles. The first-order chi connectivity index (χ1) is 10.2. The highest BCUT2D eigenvalue weighted by atomic mass is 32.2. The van der Waals surface area contributed by atoms with E-state index in [4.69, 9.17) is 4.52 Å². The second-order valence-electron chi connectivity index (χ2n) is 6.29. The van der Waals surface area contributed by atoms with Crippen LogP contribution in [0.3, 0.4) is 0 Å². The van der Waals surface area contributed by atoms with Crippen molar-refractivity contribution in [3.05, 3.63) is 34.1 Å². The predicted octanol–water partition coefficient (Wildman–Crippen LogP) is 3.85. The Morgan fingerprint density at radius 2 is 1.82 bits per heavy atom. The summed E-state index contributed by atoms with van der Waals surface area (Å²) >= 11 is 1.47. The third kappa shape index (κ3) is 3.30. The van der Waals surface area contributed by atoms with Crippen LogP contribution in [0, 0.1) is 32.1 Å². The standard InChI is InChI=1S/C16H20N4OS/c1-9-10(2)12(7-17)14(18-11(9)3)22-8-13-19-15(21-20-13)16(4,5)6/h8H2,1-6H3. The van der Waals surface area contributed by atoms with Crippen LogP contribution in [0.2, 0.25) is 0 Å². The number of aryl methyl sites for hydroxylation is 1. The van der Waals surface area contributed by atoms with Crippen LogP contribution in [0.4, 0.5) is 0 Å². The van der Waals surface area contributed by atoms with Gasteiger partial charge in [-0.05, 0) is 31.9 Å². The van der Waals surface area contributed by atoms with Gasteiger partial charge in [0, 0.05) is 11.1 Å². The summed E-state index contributed by atoms with van der Waals surface area (Å²) in [5.41, 5.74) is 3.47. The molecule has 116 valence electrons. The van der Waals surface area contributed by atoms with E-state index in [1.165, 1.54) is 11.8 Å². The van der Waals surface area contributed by atoms with Crippen molar-refractivity contribution in [2.24, 2.45) is 0 Å². The molecule has 6 heteroatoms. The van der Waals surface area contributed by atoms with E-state index in [1.54, 1.807) is 0 Å². The number of rotatable bonds is 3. The van der Waals surface area contributed by atoms with Crippen LogP contribution in [0.5, 0.6) is 0 Å². The molecule has 0 saturated carbocycles. The van der Waals surface area contributed by atoms with Gasteiger partial charge < -0.3 is 4.52 Å². The van der Waals surface area contributed by atoms with E-state index in [1.807, 2.05) is 41.5 Å². The van der Waals surface area contributed by atoms with E-state index in [0.717, 1.165) is 21.8 Å². The van der Waals surface area contributed by atoms with Crippen molar-refractivity contribution in [3.8, 4) is 6.07 Å². The molecule has 0 atom stereocenters. The van der Waals surface area contributed by atoms with Gasteiger partial charge in [0.1, 0.15) is 11.1 Å². The zero-order chi connectivity index (χ0) is 16.5. The van der Waals surface area contributed by atoms with Crippen molar-refractivity contribution >= 4 is 11.8 Å². The SMILES string of the molecule is Cc1nc(SCc2noc(C(C)(C)C)n2)c(C#N)c(C)c1C. The smallest absolute Gasteiger partial charge is 0.232 e. The fourth-order valence-corrected chi connectivity index (χ4v) is 2.83. The lowest BCUT2D eigenvalue weighted by Gasteiger charge is -2.10. The van der Waals surface area contributed by atoms with Gasteiger partial charge in [-0.15, -0.1) is 0 Å². The van der Waals surface area contributed by atoms with Gasteiger partial charge in [0.2, 0.25) is 5.89 Å². The van der Waals surface area contributed by atoms with Crippen molar-refractivity contribution in [2.75, 3.05) is 0 Å². The Morgan fingerprint density at radius 1 is 1.14 bits per heavy atom. The largest absolute Gasteiger partial charge is 0.339 e. The Labute approximate surface area is 135 Å². The molecule has 2 aromatic rings. The first kappa shape index (κ1) is 16.5. The third-order valence-corrected chi connectivity index (χ3v) is 4.49. The lowest BCUT2D eigenvalue weighted by atomic mass is 9.97. The molecule has 2 aromatic heterocycles. The van der Waals surface area contributed by atoms with E-state index in [-0.39, 0.29) is 5.41 Å². The second-order valence-corrected chi connectivity index (χ2v) is 7.26. The zero-order valence-corrected chi connectivity index (χ0v) is 14.6. The van der Waals surface area contributed by atoms with Crippen molar-refractivity contribution in [3.63, 3.8) is 0 Å². The average Bonchev–Trinajstić information content (AvgIpc) is 2.91. The van der Waals surface area contributed by atoms with Crippen LogP contribution in [-0.4, -0.2) is 15.1 Å². The van der Waals surface area contributed by atoms with Gasteiger partial charge in [-0.3, -0.25) is 0 Å². The van der Waals surface area contributed by atoms with E-state index >= 15 is 0 Å². The maximum absolute atomic E-state index is 9.37. The number of hydrogen-bond acceptors (Lipinski definition) is 6. The zero-order valence-electron chi connectivity index (χ0n) is 13.8. The Hall–Kier alpha value is -1.87. The molecule has 2 rings (SSSR count). The number of hydrogen-bond donors (Lipinski definition) is 0. The molecule has 0 aliphatic rings. The molecule has 0 N–H and O–H groups in total. The second kappa shape index (κ2) is 6.09. The first-order valence-corrected chi connectivity index (χ1v) is 8.06. The minimum Gasteiger partial charge on any atom is -0.339 e. The Balaban J connectivity index is 2.22. The fraction of sp³-hybridized carbons (Fsp3) is 0.500. The number of aromatic nitrogens is 3. The molecule has 0 radical (unpaired) electrons. The van der Waals surface area contributed by atoms with Crippen LogP contribution in [0.1, 0.15) is 54.9 Å². The van der Waals surface area contributed by atoms with Gasteiger partial charge in [0.05, 0.1) is 11.3 Å². The molecule has 0 bridgehead atoms. The summed E-state index contributed by atoms with van der Waals surface area (Å²) in [5, 5.41) is 14.1. The predicted molar refractivity (Wildman–Crippen MR) is 85.7 cm³/mol. The minimum absolute atomic E-state index is 0.164. The molecule has 0 unspecified atom stereocenters. The molecule has 0 spiro atoms. The summed E-state index contributed by atoms with van der Waals surface area (Å²) in [7, 11) is 0. The summed E-state index contributed by atoms with van der Waals surface area (Å²) in [4.78, 5) is 8.93. The summed E-state index contributed by atoms with van der Waals surface area (Å²) in [5.74, 6) is 1.77. The lowest BCUT2D eigenvalue weighted by Crippen LogP contribution is -2.11. The fourth-order valence-electron chi connectivity index (χ4n) is 1.90. The van der Waals surface area contributed by atoms with Gasteiger partial charge in [-0.2, -0.15) is 10.2 Å². The highest BCUT2D eigenvalue weighted by Crippen LogP contribution is 2.29. The first-order valence-electron chi connectivity index (χ1n) is 7.07. The van der Waals surface area contributed by atoms with Crippen LogP contribution < -0.4 is 0 Å². The quantitative estimate of drug-likeness (QED) is 0.801. The molecule has 0 saturated heterocycles. The Morgan fingerprint density at radius 3 is 2.36 bits per heavy atom. The van der Waals surface area contributed by atoms with E-state index < -0.39 is 0 Å². The number of nitriles is 1. The molecular formula is C16H20N4OS. The van der Waals surface area contributed by atoms with Gasteiger partial charge >= 0.3 is 0 Å². The van der Waals surface area contributed by atoms with Crippen molar-refractivity contribution in [1.29, 1.82) is 5.26 Å². The van der Waals surface area contributed by atoms with Crippen molar-refractivity contribution < 1.29 is 4.52 Å². The maximum Gasteiger partial charge on any atom is 0.232 e. The van der Waals surface area contributed by atoms with E-state index in [9.17, 15) is 5.26 Å². The van der Waals surface area contributed by atoms with Crippen LogP contribution in [-0.2, 0) is 11.2 Å². The molecule has 0 fully saturated rings. The van der Waals surface area contributed by atoms with E-state index in [2.05, 4.69) is 21.2 Å². The normalized spacial score (nSPS) is 11.5. The summed E-state index contributed by atoms with van der Waals surface area (Å²) in [6.07, 6.45) is 0. The Bertz CT molecular complexity index is 738. The molecule has 0 aliphatic heterocycles. The van der Waals surface area contributed by atoms with Crippen molar-refractivity contribution in [2.45, 2.75) is 57.7 Å². The van der Waals surface area contributed by atoms with Gasteiger partial charge in [-0.1, -0.05) is 37.7 Å². The maximum atomic E-state index is 9.37. The molecular weight excluding hydrogens is 296 g/mol. The summed E-state index contributed by atoms with van der Waals surface area (Å²) < 4.78 is 5.28. The summed E-state index contributed by atoms with van der Waals surface area (Å²) in [6, 6.07) is 2.25. The van der Waals surface area contributed by atoms with Gasteiger partial charge in [-0.25, -0.2) is 4.98 Å². The minimum atomic E-state index is -0.164. The van der Waals surface area contributed by atoms with Crippen molar-refractivity contribution in [1.82, 2.24) is 15.1 Å². The van der Waals surface area contributed by atoms with E-state index in [0.29, 0.717) is 23.0 Å². The number of nitrogens with zero attached hydrogens (tertiary/aromatic N) is 4. The summed E-state index contributed by atoms with van der Waals surface area (Å²) in [6.45, 7) is 12.0. The molecule has 22 heavy (non-hydrogen) atoms. The molecule has 2 heterocycles. The van der Waals surface area contributed by atoms with Crippen LogP contribution >= 0.6 is 11.8 Å². The van der Waals surface area contributed by atoms with Crippen LogP contribution in [0.25, 0.3) is 0 Å². The van der Waals surface area contributed by atoms with Gasteiger partial charge in [0.15, 0.2) is 5.82 Å². The Kier molecular flexibility index (Phi) is 4.57. The lowest BCUT2D eigenvalue weighted by molar-refractivity contribution is 0.319. The number of thioether (sulfide) groups is 1. The number of pyridine rings is 1. The highest BCUT2D eigenvalue weighted by molar-refractivity contribution is 7.98. The monoisotopic (exact) mass is 316 g/mol. The molecule has 0 aromatic carbocycles. The molecule has 0 amide bonds. The van der Waals surface area contributed by atoms with Crippen LogP contribution in [0.15, 0.2) is 9.55 Å². The third-order valence-electron chi connectivity index (χ3n) is 3.52. The molecule has 5 nitrogen and oxygen atoms in total. The highest BCUT2D eigenvalue weighted by Gasteiger charge is 2.22. The average molecular weight is 316 g/mol.